The molecule has 0 aliphatic carbocycles. The van der Waals surface area contributed by atoms with E-state index in [4.69, 9.17) is 11.6 Å². The highest BCUT2D eigenvalue weighted by Gasteiger charge is 2.25. The van der Waals surface area contributed by atoms with E-state index >= 15 is 0 Å². The summed E-state index contributed by atoms with van der Waals surface area (Å²) in [5, 5.41) is 0.664. The molecule has 21 heavy (non-hydrogen) atoms. The van der Waals surface area contributed by atoms with Gasteiger partial charge in [-0.2, -0.15) is 14.4 Å². The normalized spacial score (nSPS) is 19.3. The fourth-order valence-electron chi connectivity index (χ4n) is 2.76. The quantitative estimate of drug-likeness (QED) is 0.533. The van der Waals surface area contributed by atoms with E-state index in [-0.39, 0.29) is 21.1 Å². The van der Waals surface area contributed by atoms with E-state index in [2.05, 4.69) is 32.8 Å². The first kappa shape index (κ1) is 14.9. The lowest BCUT2D eigenvalue weighted by atomic mass is 10.0. The first-order chi connectivity index (χ1) is 9.99. The van der Waals surface area contributed by atoms with Crippen LogP contribution in [0, 0.1) is 11.9 Å². The lowest BCUT2D eigenvalue weighted by Gasteiger charge is -2.35. The average molecular weight is 377 g/mol. The van der Waals surface area contributed by atoms with Crippen LogP contribution in [0.3, 0.4) is 0 Å². The molecule has 2 heterocycles. The standard InChI is InChI=1S/C14H13BrClF2N3/c1-7-4-2-3-5-21(7)13-8-6-9(16)10(15)11(17)12(8)19-14(18)20-13/h6-7H,2-5H2,1H3/t7-/m0/s1. The number of benzene rings is 1. The van der Waals surface area contributed by atoms with Crippen LogP contribution in [0.1, 0.15) is 26.2 Å². The number of aromatic nitrogens is 2. The zero-order valence-electron chi connectivity index (χ0n) is 11.3. The number of halogens is 4. The van der Waals surface area contributed by atoms with Crippen LogP contribution in [0.25, 0.3) is 10.9 Å². The molecule has 1 saturated heterocycles. The Morgan fingerprint density at radius 1 is 1.33 bits per heavy atom. The lowest BCUT2D eigenvalue weighted by Crippen LogP contribution is -2.38. The summed E-state index contributed by atoms with van der Waals surface area (Å²) in [5.41, 5.74) is -0.0495. The zero-order valence-corrected chi connectivity index (χ0v) is 13.7. The minimum Gasteiger partial charge on any atom is -0.353 e. The van der Waals surface area contributed by atoms with Crippen molar-refractivity contribution in [2.45, 2.75) is 32.2 Å². The summed E-state index contributed by atoms with van der Waals surface area (Å²) in [4.78, 5) is 9.48. The lowest BCUT2D eigenvalue weighted by molar-refractivity contribution is 0.474. The van der Waals surface area contributed by atoms with Crippen molar-refractivity contribution in [3.8, 4) is 0 Å². The van der Waals surface area contributed by atoms with Crippen LogP contribution in [-0.2, 0) is 0 Å². The third kappa shape index (κ3) is 2.59. The molecule has 0 radical (unpaired) electrons. The number of hydrogen-bond acceptors (Lipinski definition) is 3. The highest BCUT2D eigenvalue weighted by Crippen LogP contribution is 2.36. The smallest absolute Gasteiger partial charge is 0.311 e. The Kier molecular flexibility index (Phi) is 4.01. The van der Waals surface area contributed by atoms with E-state index in [0.29, 0.717) is 11.2 Å². The Morgan fingerprint density at radius 3 is 2.81 bits per heavy atom. The van der Waals surface area contributed by atoms with Crippen LogP contribution in [0.4, 0.5) is 14.6 Å². The third-order valence-electron chi connectivity index (χ3n) is 3.85. The van der Waals surface area contributed by atoms with Crippen molar-refractivity contribution in [1.29, 1.82) is 0 Å². The molecule has 1 aliphatic rings. The fraction of sp³-hybridized carbons (Fsp3) is 0.429. The summed E-state index contributed by atoms with van der Waals surface area (Å²) >= 11 is 9.08. The Morgan fingerprint density at radius 2 is 2.10 bits per heavy atom. The van der Waals surface area contributed by atoms with Crippen LogP contribution < -0.4 is 4.90 Å². The zero-order chi connectivity index (χ0) is 15.1. The van der Waals surface area contributed by atoms with Gasteiger partial charge in [-0.3, -0.25) is 0 Å². The molecular formula is C14H13BrClF2N3. The van der Waals surface area contributed by atoms with Gasteiger partial charge >= 0.3 is 6.08 Å². The van der Waals surface area contributed by atoms with Gasteiger partial charge in [0.1, 0.15) is 11.3 Å². The summed E-state index contributed by atoms with van der Waals surface area (Å²) in [6.45, 7) is 2.82. The molecule has 1 atom stereocenters. The van der Waals surface area contributed by atoms with Crippen LogP contribution in [0.2, 0.25) is 5.02 Å². The van der Waals surface area contributed by atoms with Crippen molar-refractivity contribution < 1.29 is 8.78 Å². The Hall–Kier alpha value is -1.01. The van der Waals surface area contributed by atoms with Crippen molar-refractivity contribution >= 4 is 44.3 Å². The van der Waals surface area contributed by atoms with E-state index in [1.807, 2.05) is 4.90 Å². The van der Waals surface area contributed by atoms with Crippen molar-refractivity contribution in [1.82, 2.24) is 9.97 Å². The van der Waals surface area contributed by atoms with E-state index in [0.717, 1.165) is 25.8 Å². The molecule has 1 fully saturated rings. The van der Waals surface area contributed by atoms with Crippen LogP contribution in [-0.4, -0.2) is 22.6 Å². The van der Waals surface area contributed by atoms with Gasteiger partial charge in [0, 0.05) is 18.0 Å². The van der Waals surface area contributed by atoms with E-state index < -0.39 is 11.9 Å². The molecule has 0 unspecified atom stereocenters. The van der Waals surface area contributed by atoms with Crippen molar-refractivity contribution in [2.75, 3.05) is 11.4 Å². The molecule has 2 aromatic rings. The minimum atomic E-state index is -0.927. The van der Waals surface area contributed by atoms with Crippen LogP contribution >= 0.6 is 27.5 Å². The molecule has 0 N–H and O–H groups in total. The maximum Gasteiger partial charge on any atom is 0.311 e. The maximum atomic E-state index is 14.3. The second kappa shape index (κ2) is 5.65. The summed E-state index contributed by atoms with van der Waals surface area (Å²) in [6.07, 6.45) is 2.21. The highest BCUT2D eigenvalue weighted by atomic mass is 79.9. The number of piperidine rings is 1. The molecule has 0 amide bonds. The van der Waals surface area contributed by atoms with Gasteiger partial charge < -0.3 is 4.90 Å². The molecule has 0 bridgehead atoms. The largest absolute Gasteiger partial charge is 0.353 e. The first-order valence-electron chi connectivity index (χ1n) is 6.76. The van der Waals surface area contributed by atoms with Gasteiger partial charge in [-0.05, 0) is 48.2 Å². The van der Waals surface area contributed by atoms with E-state index in [1.54, 1.807) is 6.07 Å². The predicted octanol–water partition coefficient (Wildman–Crippen LogP) is 4.70. The molecule has 0 saturated carbocycles. The Bertz CT molecular complexity index is 710. The highest BCUT2D eigenvalue weighted by molar-refractivity contribution is 9.10. The molecule has 1 aromatic carbocycles. The number of anilines is 1. The summed E-state index contributed by atoms with van der Waals surface area (Å²) in [5.74, 6) is -0.247. The van der Waals surface area contributed by atoms with E-state index in [1.165, 1.54) is 0 Å². The minimum absolute atomic E-state index is 0.0495. The molecule has 112 valence electrons. The number of rotatable bonds is 1. The maximum absolute atomic E-state index is 14.3. The van der Waals surface area contributed by atoms with Crippen molar-refractivity contribution in [3.05, 3.63) is 27.5 Å². The van der Waals surface area contributed by atoms with Gasteiger partial charge in [0.05, 0.1) is 9.50 Å². The SMILES string of the molecule is C[C@H]1CCCCN1c1nc(F)nc2c(F)c(Br)c(Cl)cc12. The van der Waals surface area contributed by atoms with Gasteiger partial charge in [-0.1, -0.05) is 11.6 Å². The third-order valence-corrected chi connectivity index (χ3v) is 5.16. The molecule has 1 aliphatic heterocycles. The molecule has 1 aromatic heterocycles. The molecule has 3 nitrogen and oxygen atoms in total. The fourth-order valence-corrected chi connectivity index (χ4v) is 3.26. The van der Waals surface area contributed by atoms with Crippen LogP contribution in [0.5, 0.6) is 0 Å². The van der Waals surface area contributed by atoms with Gasteiger partial charge in [0.2, 0.25) is 0 Å². The molecule has 0 spiro atoms. The van der Waals surface area contributed by atoms with Gasteiger partial charge in [-0.15, -0.1) is 0 Å². The monoisotopic (exact) mass is 375 g/mol. The Balaban J connectivity index is 2.27. The number of fused-ring (bicyclic) bond motifs is 1. The van der Waals surface area contributed by atoms with Crippen molar-refractivity contribution in [3.63, 3.8) is 0 Å². The summed E-state index contributed by atoms with van der Waals surface area (Å²) in [7, 11) is 0. The molecule has 3 rings (SSSR count). The van der Waals surface area contributed by atoms with Crippen LogP contribution in [0.15, 0.2) is 10.5 Å². The number of hydrogen-bond donors (Lipinski definition) is 0. The van der Waals surface area contributed by atoms with E-state index in [9.17, 15) is 8.78 Å². The predicted molar refractivity (Wildman–Crippen MR) is 82.8 cm³/mol. The van der Waals surface area contributed by atoms with Gasteiger partial charge in [0.15, 0.2) is 5.82 Å². The topological polar surface area (TPSA) is 29.0 Å². The summed E-state index contributed by atoms with van der Waals surface area (Å²) in [6, 6.07) is 1.81. The molecular weight excluding hydrogens is 364 g/mol. The average Bonchev–Trinajstić information content (AvgIpc) is 2.46. The Labute approximate surface area is 134 Å². The first-order valence-corrected chi connectivity index (χ1v) is 7.93. The molecule has 7 heteroatoms. The second-order valence-electron chi connectivity index (χ2n) is 5.24. The summed E-state index contributed by atoms with van der Waals surface area (Å²) < 4.78 is 28.1. The van der Waals surface area contributed by atoms with Gasteiger partial charge in [-0.25, -0.2) is 4.39 Å². The number of nitrogens with zero attached hydrogens (tertiary/aromatic N) is 3. The van der Waals surface area contributed by atoms with Gasteiger partial charge in [0.25, 0.3) is 0 Å². The second-order valence-corrected chi connectivity index (χ2v) is 6.44. The van der Waals surface area contributed by atoms with Crippen molar-refractivity contribution in [2.24, 2.45) is 0 Å².